The topological polar surface area (TPSA) is 12.0 Å². The Morgan fingerprint density at radius 1 is 0.900 bits per heavy atom. The molecule has 0 amide bonds. The van der Waals surface area contributed by atoms with Crippen LogP contribution >= 0.6 is 46.4 Å². The van der Waals surface area contributed by atoms with E-state index >= 15 is 0 Å². The van der Waals surface area contributed by atoms with Crippen LogP contribution in [0.2, 0.25) is 20.1 Å². The van der Waals surface area contributed by atoms with Crippen molar-refractivity contribution in [2.45, 2.75) is 13.0 Å². The lowest BCUT2D eigenvalue weighted by Gasteiger charge is -2.18. The van der Waals surface area contributed by atoms with Crippen molar-refractivity contribution in [1.82, 2.24) is 0 Å². The van der Waals surface area contributed by atoms with Crippen molar-refractivity contribution >= 4 is 52.1 Å². The number of nitrogens with one attached hydrogen (secondary N) is 1. The van der Waals surface area contributed by atoms with Gasteiger partial charge in [-0.15, -0.1) is 0 Å². The number of rotatable bonds is 3. The Morgan fingerprint density at radius 2 is 1.50 bits per heavy atom. The summed E-state index contributed by atoms with van der Waals surface area (Å²) in [6.45, 7) is 1.85. The zero-order chi connectivity index (χ0) is 14.9. The van der Waals surface area contributed by atoms with Crippen LogP contribution < -0.4 is 5.32 Å². The van der Waals surface area contributed by atoms with Gasteiger partial charge in [0.1, 0.15) is 5.82 Å². The molecule has 2 rings (SSSR count). The Morgan fingerprint density at radius 3 is 2.10 bits per heavy atom. The summed E-state index contributed by atoms with van der Waals surface area (Å²) in [5.74, 6) is -0.510. The number of halogens is 5. The summed E-state index contributed by atoms with van der Waals surface area (Å²) >= 11 is 23.6. The van der Waals surface area contributed by atoms with Crippen molar-refractivity contribution in [3.63, 3.8) is 0 Å². The second-order valence-electron chi connectivity index (χ2n) is 4.31. The molecule has 1 N–H and O–H groups in total. The van der Waals surface area contributed by atoms with Crippen LogP contribution in [-0.4, -0.2) is 0 Å². The van der Waals surface area contributed by atoms with Gasteiger partial charge in [-0.05, 0) is 42.8 Å². The first-order valence-electron chi connectivity index (χ1n) is 5.74. The molecule has 0 saturated heterocycles. The largest absolute Gasteiger partial charge is 0.378 e. The van der Waals surface area contributed by atoms with Gasteiger partial charge in [-0.3, -0.25) is 0 Å². The molecular weight excluding hydrogens is 343 g/mol. The fourth-order valence-electron chi connectivity index (χ4n) is 1.83. The van der Waals surface area contributed by atoms with Crippen LogP contribution in [0.5, 0.6) is 0 Å². The van der Waals surface area contributed by atoms with Gasteiger partial charge >= 0.3 is 0 Å². The number of hydrogen-bond acceptors (Lipinski definition) is 1. The molecule has 6 heteroatoms. The van der Waals surface area contributed by atoms with Gasteiger partial charge in [-0.2, -0.15) is 0 Å². The molecule has 0 heterocycles. The first-order valence-corrected chi connectivity index (χ1v) is 7.25. The van der Waals surface area contributed by atoms with E-state index in [4.69, 9.17) is 46.4 Å². The Bertz CT molecular complexity index is 625. The third-order valence-corrected chi connectivity index (χ3v) is 3.81. The molecule has 0 aliphatic heterocycles. The Labute approximate surface area is 136 Å². The summed E-state index contributed by atoms with van der Waals surface area (Å²) in [5.41, 5.74) is 1.33. The fourth-order valence-corrected chi connectivity index (χ4v) is 2.91. The molecule has 0 aromatic heterocycles. The van der Waals surface area contributed by atoms with E-state index in [-0.39, 0.29) is 11.1 Å². The van der Waals surface area contributed by atoms with E-state index in [2.05, 4.69) is 5.32 Å². The molecule has 0 aliphatic carbocycles. The summed E-state index contributed by atoms with van der Waals surface area (Å²) in [5, 5.41) is 4.58. The van der Waals surface area contributed by atoms with Crippen LogP contribution in [0.3, 0.4) is 0 Å². The zero-order valence-corrected chi connectivity index (χ0v) is 13.4. The monoisotopic (exact) mass is 351 g/mol. The van der Waals surface area contributed by atoms with Crippen LogP contribution in [0.4, 0.5) is 10.1 Å². The molecule has 1 atom stereocenters. The van der Waals surface area contributed by atoms with E-state index in [1.807, 2.05) is 6.92 Å². The third-order valence-electron chi connectivity index (χ3n) is 2.75. The maximum absolute atomic E-state index is 13.5. The maximum Gasteiger partial charge on any atom is 0.142 e. The van der Waals surface area contributed by atoms with Gasteiger partial charge in [0.25, 0.3) is 0 Å². The predicted molar refractivity (Wildman–Crippen MR) is 84.9 cm³/mol. The van der Waals surface area contributed by atoms with Gasteiger partial charge in [0.2, 0.25) is 0 Å². The summed E-state index contributed by atoms with van der Waals surface area (Å²) < 4.78 is 13.5. The molecule has 0 radical (unpaired) electrons. The predicted octanol–water partition coefficient (Wildman–Crippen LogP) is 6.61. The number of benzene rings is 2. The molecule has 0 fully saturated rings. The fraction of sp³-hybridized carbons (Fsp3) is 0.143. The minimum atomic E-state index is -0.510. The highest BCUT2D eigenvalue weighted by molar-refractivity contribution is 6.35. The first kappa shape index (κ1) is 15.7. The maximum atomic E-state index is 13.5. The number of anilines is 1. The van der Waals surface area contributed by atoms with Crippen LogP contribution in [0.15, 0.2) is 30.3 Å². The van der Waals surface area contributed by atoms with E-state index in [1.54, 1.807) is 18.2 Å². The van der Waals surface area contributed by atoms with Gasteiger partial charge in [0.15, 0.2) is 0 Å². The molecule has 0 saturated carbocycles. The van der Waals surface area contributed by atoms with Gasteiger partial charge < -0.3 is 5.32 Å². The summed E-state index contributed by atoms with van der Waals surface area (Å²) in [7, 11) is 0. The van der Waals surface area contributed by atoms with Crippen LogP contribution in [-0.2, 0) is 0 Å². The summed E-state index contributed by atoms with van der Waals surface area (Å²) in [6.07, 6.45) is 0. The van der Waals surface area contributed by atoms with Crippen LogP contribution in [0, 0.1) is 5.82 Å². The van der Waals surface area contributed by atoms with Crippen molar-refractivity contribution in [3.05, 3.63) is 61.8 Å². The van der Waals surface area contributed by atoms with Gasteiger partial charge in [-0.25, -0.2) is 4.39 Å². The molecule has 1 unspecified atom stereocenters. The second-order valence-corrected chi connectivity index (χ2v) is 6.00. The molecule has 20 heavy (non-hydrogen) atoms. The van der Waals surface area contributed by atoms with Crippen molar-refractivity contribution in [2.24, 2.45) is 0 Å². The van der Waals surface area contributed by atoms with Crippen molar-refractivity contribution in [1.29, 1.82) is 0 Å². The normalized spacial score (nSPS) is 12.3. The lowest BCUT2D eigenvalue weighted by atomic mass is 10.1. The van der Waals surface area contributed by atoms with Crippen LogP contribution in [0.25, 0.3) is 0 Å². The lowest BCUT2D eigenvalue weighted by Crippen LogP contribution is -2.07. The average molecular weight is 353 g/mol. The van der Waals surface area contributed by atoms with Gasteiger partial charge in [0.05, 0.1) is 11.1 Å². The van der Waals surface area contributed by atoms with Crippen molar-refractivity contribution in [2.75, 3.05) is 5.32 Å². The van der Waals surface area contributed by atoms with E-state index < -0.39 is 5.82 Å². The highest BCUT2D eigenvalue weighted by Crippen LogP contribution is 2.31. The molecule has 0 bridgehead atoms. The average Bonchev–Trinajstić information content (AvgIpc) is 2.32. The molecule has 2 aromatic rings. The summed E-state index contributed by atoms with van der Waals surface area (Å²) in [6, 6.07) is 7.55. The first-order chi connectivity index (χ1) is 9.36. The molecular formula is C14H10Cl4FN. The van der Waals surface area contributed by atoms with Crippen LogP contribution in [0.1, 0.15) is 18.5 Å². The molecule has 1 nitrogen and oxygen atoms in total. The standard InChI is InChI=1S/C14H10Cl4FN/c1-7(11-5-14(19)13(18)6-12(11)17)20-10-3-8(15)2-9(16)4-10/h2-7,20H,1H3. The number of hydrogen-bond donors (Lipinski definition) is 1. The lowest BCUT2D eigenvalue weighted by molar-refractivity contribution is 0.624. The minimum Gasteiger partial charge on any atom is -0.378 e. The van der Waals surface area contributed by atoms with Gasteiger partial charge in [0, 0.05) is 20.8 Å². The highest BCUT2D eigenvalue weighted by atomic mass is 35.5. The van der Waals surface area contributed by atoms with E-state index in [9.17, 15) is 4.39 Å². The van der Waals surface area contributed by atoms with Gasteiger partial charge in [-0.1, -0.05) is 46.4 Å². The third kappa shape index (κ3) is 3.70. The van der Waals surface area contributed by atoms with E-state index in [1.165, 1.54) is 12.1 Å². The summed E-state index contributed by atoms with van der Waals surface area (Å²) in [4.78, 5) is 0. The van der Waals surface area contributed by atoms with Crippen molar-refractivity contribution < 1.29 is 4.39 Å². The minimum absolute atomic E-state index is 0.00301. The molecule has 106 valence electrons. The van der Waals surface area contributed by atoms with Crippen molar-refractivity contribution in [3.8, 4) is 0 Å². The quantitative estimate of drug-likeness (QED) is 0.612. The molecule has 0 spiro atoms. The Balaban J connectivity index is 2.28. The SMILES string of the molecule is CC(Nc1cc(Cl)cc(Cl)c1)c1cc(F)c(Cl)cc1Cl. The van der Waals surface area contributed by atoms with E-state index in [0.29, 0.717) is 20.6 Å². The zero-order valence-electron chi connectivity index (χ0n) is 10.4. The second kappa shape index (κ2) is 6.40. The Kier molecular flexibility index (Phi) is 5.03. The molecule has 0 aliphatic rings. The highest BCUT2D eigenvalue weighted by Gasteiger charge is 2.13. The Hall–Kier alpha value is -0.670. The smallest absolute Gasteiger partial charge is 0.142 e. The molecule has 2 aromatic carbocycles. The van der Waals surface area contributed by atoms with E-state index in [0.717, 1.165) is 5.69 Å².